The van der Waals surface area contributed by atoms with Crippen LogP contribution in [-0.4, -0.2) is 25.7 Å². The summed E-state index contributed by atoms with van der Waals surface area (Å²) in [6.45, 7) is 0. The maximum Gasteiger partial charge on any atom is 0.337 e. The van der Waals surface area contributed by atoms with Crippen LogP contribution in [0.4, 0.5) is 0 Å². The third kappa shape index (κ3) is 1.93. The first-order chi connectivity index (χ1) is 10.1. The lowest BCUT2D eigenvalue weighted by Crippen LogP contribution is -2.00. The Hall–Kier alpha value is -1.96. The lowest BCUT2D eigenvalue weighted by molar-refractivity contribution is 0.0696. The number of aromatic carboxylic acids is 1. The predicted molar refractivity (Wildman–Crippen MR) is 83.7 cm³/mol. The number of rotatable bonds is 2. The molecule has 0 radical (unpaired) electrons. The first kappa shape index (κ1) is 12.8. The molecule has 0 unspecified atom stereocenters. The number of halogens is 1. The molecule has 0 aromatic carbocycles. The van der Waals surface area contributed by atoms with Crippen molar-refractivity contribution in [2.75, 3.05) is 0 Å². The van der Waals surface area contributed by atoms with Gasteiger partial charge in [0.05, 0.1) is 15.5 Å². The van der Waals surface area contributed by atoms with E-state index in [0.29, 0.717) is 11.5 Å². The van der Waals surface area contributed by atoms with E-state index in [1.807, 2.05) is 17.5 Å². The Labute approximate surface area is 131 Å². The largest absolute Gasteiger partial charge is 0.478 e. The minimum Gasteiger partial charge on any atom is -0.478 e. The number of aromatic nitrogens is 3. The molecule has 0 atom stereocenters. The van der Waals surface area contributed by atoms with Crippen LogP contribution in [0.1, 0.15) is 10.4 Å². The number of thiophene rings is 2. The van der Waals surface area contributed by atoms with Gasteiger partial charge in [-0.05, 0) is 23.6 Å². The van der Waals surface area contributed by atoms with Gasteiger partial charge in [-0.25, -0.2) is 4.79 Å². The first-order valence-corrected chi connectivity index (χ1v) is 7.96. The zero-order valence-electron chi connectivity index (χ0n) is 10.3. The first-order valence-electron chi connectivity index (χ1n) is 5.88. The minimum atomic E-state index is -1.04. The minimum absolute atomic E-state index is 0.104. The van der Waals surface area contributed by atoms with E-state index in [2.05, 4.69) is 10.2 Å². The molecular weight excluding hydrogens is 330 g/mol. The van der Waals surface area contributed by atoms with Crippen molar-refractivity contribution in [2.24, 2.45) is 0 Å². The molecule has 1 N–H and O–H groups in total. The third-order valence-corrected chi connectivity index (χ3v) is 5.43. The molecule has 4 rings (SSSR count). The number of hydrogen-bond donors (Lipinski definition) is 1. The molecule has 0 amide bonds. The molecule has 0 aliphatic heterocycles. The highest BCUT2D eigenvalue weighted by atomic mass is 35.5. The van der Waals surface area contributed by atoms with Crippen LogP contribution in [0.25, 0.3) is 25.7 Å². The van der Waals surface area contributed by atoms with Gasteiger partial charge in [-0.3, -0.25) is 4.40 Å². The number of pyridine rings is 1. The van der Waals surface area contributed by atoms with Crippen LogP contribution in [-0.2, 0) is 0 Å². The highest BCUT2D eigenvalue weighted by Gasteiger charge is 2.16. The molecule has 8 heteroatoms. The van der Waals surface area contributed by atoms with Crippen LogP contribution in [0.5, 0.6) is 0 Å². The Bertz CT molecular complexity index is 973. The van der Waals surface area contributed by atoms with Crippen molar-refractivity contribution >= 4 is 55.3 Å². The van der Waals surface area contributed by atoms with Gasteiger partial charge in [0.1, 0.15) is 0 Å². The smallest absolute Gasteiger partial charge is 0.337 e. The van der Waals surface area contributed by atoms with Crippen molar-refractivity contribution < 1.29 is 9.90 Å². The van der Waals surface area contributed by atoms with E-state index in [-0.39, 0.29) is 10.6 Å². The second kappa shape index (κ2) is 4.52. The van der Waals surface area contributed by atoms with Gasteiger partial charge in [0.2, 0.25) is 0 Å². The Morgan fingerprint density at radius 1 is 1.29 bits per heavy atom. The number of carboxylic acids is 1. The summed E-state index contributed by atoms with van der Waals surface area (Å²) in [5, 5.41) is 19.6. The fraction of sp³-hybridized carbons (Fsp3) is 0. The molecule has 0 aliphatic carbocycles. The second-order valence-electron chi connectivity index (χ2n) is 4.36. The molecule has 0 saturated carbocycles. The van der Waals surface area contributed by atoms with E-state index >= 15 is 0 Å². The van der Waals surface area contributed by atoms with Crippen LogP contribution >= 0.6 is 34.3 Å². The molecule has 4 aromatic heterocycles. The SMILES string of the molecule is O=C(O)c1cc(Cl)c2nnc(-c3cc4sccc4s3)n2c1. The van der Waals surface area contributed by atoms with Crippen LogP contribution < -0.4 is 0 Å². The van der Waals surface area contributed by atoms with E-state index in [4.69, 9.17) is 16.7 Å². The number of fused-ring (bicyclic) bond motifs is 2. The molecule has 0 bridgehead atoms. The summed E-state index contributed by atoms with van der Waals surface area (Å²) in [6.07, 6.45) is 1.49. The van der Waals surface area contributed by atoms with Crippen molar-refractivity contribution in [3.63, 3.8) is 0 Å². The monoisotopic (exact) mass is 335 g/mol. The average molecular weight is 336 g/mol. The zero-order valence-corrected chi connectivity index (χ0v) is 12.7. The van der Waals surface area contributed by atoms with Crippen molar-refractivity contribution in [1.82, 2.24) is 14.6 Å². The fourth-order valence-corrected chi connectivity index (χ4v) is 4.45. The van der Waals surface area contributed by atoms with E-state index in [9.17, 15) is 4.79 Å². The molecule has 0 saturated heterocycles. The normalized spacial score (nSPS) is 11.5. The van der Waals surface area contributed by atoms with Gasteiger partial charge in [0.15, 0.2) is 11.5 Å². The van der Waals surface area contributed by atoms with Crippen LogP contribution in [0.2, 0.25) is 5.02 Å². The molecule has 21 heavy (non-hydrogen) atoms. The summed E-state index contributed by atoms with van der Waals surface area (Å²) in [5.41, 5.74) is 0.556. The molecular formula is C13H6ClN3O2S2. The Morgan fingerprint density at radius 3 is 2.90 bits per heavy atom. The Morgan fingerprint density at radius 2 is 2.14 bits per heavy atom. The summed E-state index contributed by atoms with van der Waals surface area (Å²) in [4.78, 5) is 12.1. The molecule has 5 nitrogen and oxygen atoms in total. The zero-order chi connectivity index (χ0) is 14.6. The molecule has 104 valence electrons. The third-order valence-electron chi connectivity index (χ3n) is 3.07. The number of hydrogen-bond acceptors (Lipinski definition) is 5. The summed E-state index contributed by atoms with van der Waals surface area (Å²) in [5.74, 6) is -0.436. The summed E-state index contributed by atoms with van der Waals surface area (Å²) < 4.78 is 3.97. The Kier molecular flexibility index (Phi) is 2.75. The Balaban J connectivity index is 2.00. The number of carbonyl (C=O) groups is 1. The van der Waals surface area contributed by atoms with E-state index in [1.54, 1.807) is 27.1 Å². The van der Waals surface area contributed by atoms with E-state index in [1.165, 1.54) is 21.7 Å². The van der Waals surface area contributed by atoms with Gasteiger partial charge >= 0.3 is 5.97 Å². The lowest BCUT2D eigenvalue weighted by Gasteiger charge is -2.01. The van der Waals surface area contributed by atoms with Crippen molar-refractivity contribution in [3.05, 3.63) is 40.4 Å². The van der Waals surface area contributed by atoms with Gasteiger partial charge in [0, 0.05) is 15.6 Å². The summed E-state index contributed by atoms with van der Waals surface area (Å²) >= 11 is 9.33. The maximum atomic E-state index is 11.2. The maximum absolute atomic E-state index is 11.2. The average Bonchev–Trinajstić information content (AvgIpc) is 3.10. The fourth-order valence-electron chi connectivity index (χ4n) is 2.11. The topological polar surface area (TPSA) is 67.5 Å². The second-order valence-corrected chi connectivity index (χ2v) is 6.80. The van der Waals surface area contributed by atoms with E-state index in [0.717, 1.165) is 4.88 Å². The standard InChI is InChI=1S/C13H6ClN3O2S2/c14-7-3-6(13(18)19)5-17-11(7)15-16-12(17)10-4-9-8(21-10)1-2-20-9/h1-5H,(H,18,19). The van der Waals surface area contributed by atoms with Crippen LogP contribution in [0.15, 0.2) is 29.8 Å². The molecule has 0 fully saturated rings. The van der Waals surface area contributed by atoms with Gasteiger partial charge < -0.3 is 5.11 Å². The quantitative estimate of drug-likeness (QED) is 0.600. The van der Waals surface area contributed by atoms with Crippen molar-refractivity contribution in [3.8, 4) is 10.7 Å². The molecule has 4 aromatic rings. The number of nitrogens with zero attached hydrogens (tertiary/aromatic N) is 3. The predicted octanol–water partition coefficient (Wildman–Crippen LogP) is 4.02. The van der Waals surface area contributed by atoms with Crippen LogP contribution in [0, 0.1) is 0 Å². The number of carboxylic acid groups (broad SMARTS) is 1. The lowest BCUT2D eigenvalue weighted by atomic mass is 10.3. The van der Waals surface area contributed by atoms with E-state index < -0.39 is 5.97 Å². The summed E-state index contributed by atoms with van der Waals surface area (Å²) in [7, 11) is 0. The van der Waals surface area contributed by atoms with Gasteiger partial charge in [-0.1, -0.05) is 11.6 Å². The summed E-state index contributed by atoms with van der Waals surface area (Å²) in [6, 6.07) is 5.46. The van der Waals surface area contributed by atoms with Gasteiger partial charge in [-0.2, -0.15) is 0 Å². The van der Waals surface area contributed by atoms with Crippen molar-refractivity contribution in [1.29, 1.82) is 0 Å². The highest BCUT2D eigenvalue weighted by Crippen LogP contribution is 2.36. The highest BCUT2D eigenvalue weighted by molar-refractivity contribution is 7.28. The van der Waals surface area contributed by atoms with Crippen LogP contribution in [0.3, 0.4) is 0 Å². The molecule has 0 aliphatic rings. The molecule has 0 spiro atoms. The van der Waals surface area contributed by atoms with Crippen molar-refractivity contribution in [2.45, 2.75) is 0 Å². The van der Waals surface area contributed by atoms with Gasteiger partial charge in [-0.15, -0.1) is 32.9 Å². The molecule has 4 heterocycles. The van der Waals surface area contributed by atoms with Gasteiger partial charge in [0.25, 0.3) is 0 Å².